The summed E-state index contributed by atoms with van der Waals surface area (Å²) in [7, 11) is -4.56. The highest BCUT2D eigenvalue weighted by atomic mass is 28.4. The molecule has 0 N–H and O–H groups in total. The highest BCUT2D eigenvalue weighted by Gasteiger charge is 2.34. The van der Waals surface area contributed by atoms with Crippen LogP contribution in [0.3, 0.4) is 0 Å². The van der Waals surface area contributed by atoms with Crippen LogP contribution in [0.15, 0.2) is 0 Å². The van der Waals surface area contributed by atoms with Crippen LogP contribution >= 0.6 is 0 Å². The Balaban J connectivity index is 0. The Labute approximate surface area is 158 Å². The molecule has 25 heavy (non-hydrogen) atoms. The summed E-state index contributed by atoms with van der Waals surface area (Å²) in [6.07, 6.45) is 3.02. The molecule has 0 aliphatic rings. The molecule has 0 aliphatic carbocycles. The van der Waals surface area contributed by atoms with E-state index in [0.717, 1.165) is 39.1 Å². The van der Waals surface area contributed by atoms with Gasteiger partial charge in [-0.25, -0.2) is 0 Å². The van der Waals surface area contributed by atoms with Gasteiger partial charge in [-0.1, -0.05) is 20.8 Å². The molecular weight excluding hydrogens is 356 g/mol. The zero-order valence-corrected chi connectivity index (χ0v) is 19.8. The Morgan fingerprint density at radius 3 is 0.880 bits per heavy atom. The molecule has 6 nitrogen and oxygen atoms in total. The van der Waals surface area contributed by atoms with E-state index in [2.05, 4.69) is 20.8 Å². The third-order valence-corrected chi connectivity index (χ3v) is 7.55. The van der Waals surface area contributed by atoms with Gasteiger partial charge in [0.25, 0.3) is 0 Å². The minimum Gasteiger partial charge on any atom is -0.374 e. The van der Waals surface area contributed by atoms with Crippen LogP contribution in [0, 0.1) is 0 Å². The van der Waals surface area contributed by atoms with Gasteiger partial charge in [0.1, 0.15) is 0 Å². The van der Waals surface area contributed by atoms with Crippen molar-refractivity contribution in [2.75, 3.05) is 39.6 Å². The summed E-state index contributed by atoms with van der Waals surface area (Å²) in [6.45, 7) is 20.2. The van der Waals surface area contributed by atoms with Crippen molar-refractivity contribution in [2.24, 2.45) is 0 Å². The maximum Gasteiger partial charge on any atom is 0.497 e. The Kier molecular flexibility index (Phi) is 19.3. The van der Waals surface area contributed by atoms with Gasteiger partial charge < -0.3 is 26.6 Å². The Hall–Kier alpha value is 0.194. The molecule has 0 saturated carbocycles. The van der Waals surface area contributed by atoms with Crippen LogP contribution in [0.25, 0.3) is 0 Å². The zero-order chi connectivity index (χ0) is 19.6. The smallest absolute Gasteiger partial charge is 0.374 e. The normalized spacial score (nSPS) is 12.0. The molecule has 0 rings (SSSR count). The average molecular weight is 399 g/mol. The van der Waals surface area contributed by atoms with Gasteiger partial charge in [-0.3, -0.25) is 0 Å². The molecule has 0 heterocycles. The molecule has 0 spiro atoms. The predicted molar refractivity (Wildman–Crippen MR) is 107 cm³/mol. The van der Waals surface area contributed by atoms with E-state index in [1.807, 2.05) is 33.9 Å². The van der Waals surface area contributed by atoms with Crippen molar-refractivity contribution in [3.8, 4) is 0 Å². The Morgan fingerprint density at radius 2 is 0.680 bits per heavy atom. The van der Waals surface area contributed by atoms with Crippen molar-refractivity contribution in [1.29, 1.82) is 0 Å². The van der Waals surface area contributed by atoms with Crippen molar-refractivity contribution in [3.05, 3.63) is 0 Å². The second-order valence-electron chi connectivity index (χ2n) is 5.57. The molecule has 0 aromatic rings. The first-order chi connectivity index (χ1) is 11.9. The molecule has 8 heteroatoms. The number of rotatable bonds is 15. The summed E-state index contributed by atoms with van der Waals surface area (Å²) in [5, 5.41) is 0. The Morgan fingerprint density at radius 1 is 0.440 bits per heavy atom. The summed E-state index contributed by atoms with van der Waals surface area (Å²) < 4.78 is 33.2. The van der Waals surface area contributed by atoms with Gasteiger partial charge in [0.15, 0.2) is 0 Å². The molecule has 154 valence electrons. The van der Waals surface area contributed by atoms with Crippen LogP contribution in [0.5, 0.6) is 0 Å². The lowest BCUT2D eigenvalue weighted by Gasteiger charge is -2.25. The lowest BCUT2D eigenvalue weighted by atomic mass is 10.5. The van der Waals surface area contributed by atoms with Crippen LogP contribution in [-0.4, -0.2) is 57.3 Å². The molecule has 0 unspecified atom stereocenters. The van der Waals surface area contributed by atoms with E-state index in [-0.39, 0.29) is 0 Å². The minimum absolute atomic E-state index is 0.655. The third-order valence-electron chi connectivity index (χ3n) is 2.92. The summed E-state index contributed by atoms with van der Waals surface area (Å²) in [5.74, 6) is 0. The highest BCUT2D eigenvalue weighted by molar-refractivity contribution is 6.59. The van der Waals surface area contributed by atoms with E-state index in [0.29, 0.717) is 19.8 Å². The van der Waals surface area contributed by atoms with E-state index in [9.17, 15) is 0 Å². The third kappa shape index (κ3) is 16.1. The topological polar surface area (TPSA) is 55.4 Å². The van der Waals surface area contributed by atoms with E-state index in [1.165, 1.54) is 0 Å². The van der Waals surface area contributed by atoms with Crippen molar-refractivity contribution < 1.29 is 26.6 Å². The average Bonchev–Trinajstić information content (AvgIpc) is 2.58. The van der Waals surface area contributed by atoms with Crippen molar-refractivity contribution >= 4 is 17.6 Å². The molecule has 0 radical (unpaired) electrons. The lowest BCUT2D eigenvalue weighted by molar-refractivity contribution is 0.0658. The highest BCUT2D eigenvalue weighted by Crippen LogP contribution is 2.11. The predicted octanol–water partition coefficient (Wildman–Crippen LogP) is 4.50. The first-order valence-corrected chi connectivity index (χ1v) is 14.1. The van der Waals surface area contributed by atoms with Gasteiger partial charge in [-0.15, -0.1) is 0 Å². The zero-order valence-electron chi connectivity index (χ0n) is 17.8. The van der Waals surface area contributed by atoms with Crippen LogP contribution < -0.4 is 0 Å². The minimum atomic E-state index is -2.31. The summed E-state index contributed by atoms with van der Waals surface area (Å²) >= 11 is 0. The van der Waals surface area contributed by atoms with Gasteiger partial charge >= 0.3 is 17.6 Å². The van der Waals surface area contributed by atoms with Gasteiger partial charge in [0.2, 0.25) is 0 Å². The fourth-order valence-electron chi connectivity index (χ4n) is 1.90. The van der Waals surface area contributed by atoms with Crippen LogP contribution in [-0.2, 0) is 26.6 Å². The fourth-order valence-corrected chi connectivity index (χ4v) is 5.70. The molecule has 0 aromatic heterocycles. The van der Waals surface area contributed by atoms with Gasteiger partial charge in [0, 0.05) is 52.7 Å². The van der Waals surface area contributed by atoms with E-state index >= 15 is 0 Å². The van der Waals surface area contributed by atoms with Gasteiger partial charge in [-0.2, -0.15) is 0 Å². The van der Waals surface area contributed by atoms with Crippen LogP contribution in [0.2, 0.25) is 13.1 Å². The summed E-state index contributed by atoms with van der Waals surface area (Å²) in [4.78, 5) is 0. The molecule has 0 bridgehead atoms. The van der Waals surface area contributed by atoms with E-state index in [1.54, 1.807) is 0 Å². The quantitative estimate of drug-likeness (QED) is 0.379. The summed E-state index contributed by atoms with van der Waals surface area (Å²) in [5.41, 5.74) is 0. The molecule has 0 aromatic carbocycles. The first kappa shape index (κ1) is 27.4. The number of hydrogen-bond acceptors (Lipinski definition) is 6. The van der Waals surface area contributed by atoms with Crippen molar-refractivity contribution in [2.45, 2.75) is 73.9 Å². The standard InChI is InChI=1S/C10H24O3Si.C7H18O3Si/c1-5-8-11-14(4,12-9-6-2)13-10-7-3;1-5-8-11(4,9-6-2)10-7-3/h5-10H2,1-4H3;5-7H2,1-4H3. The van der Waals surface area contributed by atoms with Crippen molar-refractivity contribution in [3.63, 3.8) is 0 Å². The van der Waals surface area contributed by atoms with E-state index < -0.39 is 17.6 Å². The fraction of sp³-hybridized carbons (Fsp3) is 1.00. The lowest BCUT2D eigenvalue weighted by Crippen LogP contribution is -2.43. The molecule has 0 fully saturated rings. The molecule has 0 saturated heterocycles. The van der Waals surface area contributed by atoms with Crippen LogP contribution in [0.4, 0.5) is 0 Å². The summed E-state index contributed by atoms with van der Waals surface area (Å²) in [6, 6.07) is 0. The van der Waals surface area contributed by atoms with E-state index in [4.69, 9.17) is 26.6 Å². The maximum absolute atomic E-state index is 5.68. The number of hydrogen-bond donors (Lipinski definition) is 0. The molecule has 0 aliphatic heterocycles. The maximum atomic E-state index is 5.68. The first-order valence-electron chi connectivity index (χ1n) is 9.70. The second-order valence-corrected chi connectivity index (χ2v) is 10.8. The molecular formula is C17H42O6Si2. The molecule has 0 amide bonds. The second kappa shape index (κ2) is 17.6. The van der Waals surface area contributed by atoms with Crippen molar-refractivity contribution in [1.82, 2.24) is 0 Å². The monoisotopic (exact) mass is 398 g/mol. The largest absolute Gasteiger partial charge is 0.497 e. The van der Waals surface area contributed by atoms with Crippen LogP contribution in [0.1, 0.15) is 60.8 Å². The van der Waals surface area contributed by atoms with Gasteiger partial charge in [0.05, 0.1) is 0 Å². The van der Waals surface area contributed by atoms with Gasteiger partial charge in [-0.05, 0) is 40.0 Å². The SMILES string of the molecule is CCCO[Si](C)(OCCC)OCCC.CCO[Si](C)(OCC)OCC. The molecule has 0 atom stereocenters. The Bertz CT molecular complexity index is 243.